The maximum atomic E-state index is 12.0. The third-order valence-electron chi connectivity index (χ3n) is 2.87. The number of amides is 1. The quantitative estimate of drug-likeness (QED) is 0.750. The molecule has 1 fully saturated rings. The van der Waals surface area contributed by atoms with E-state index in [-0.39, 0.29) is 5.91 Å². The molecule has 0 spiro atoms. The van der Waals surface area contributed by atoms with Crippen molar-refractivity contribution in [2.45, 2.75) is 24.7 Å². The molecule has 4 heteroatoms. The highest BCUT2D eigenvalue weighted by atomic mass is 32.1. The summed E-state index contributed by atoms with van der Waals surface area (Å²) < 4.78 is 0. The molecule has 1 aliphatic rings. The molecule has 0 unspecified atom stereocenters. The van der Waals surface area contributed by atoms with Crippen LogP contribution in [0.4, 0.5) is 0 Å². The molecule has 0 radical (unpaired) electrons. The highest BCUT2D eigenvalue weighted by molar-refractivity contribution is 7.80. The number of rotatable bonds is 1. The molecule has 1 saturated heterocycles. The van der Waals surface area contributed by atoms with Crippen LogP contribution in [0.5, 0.6) is 0 Å². The molecule has 1 aliphatic heterocycles. The molecule has 2 rings (SSSR count). The maximum Gasteiger partial charge on any atom is 0.263 e. The minimum atomic E-state index is 0.173. The van der Waals surface area contributed by atoms with Gasteiger partial charge in [0.15, 0.2) is 0 Å². The third kappa shape index (κ3) is 2.55. The lowest BCUT2D eigenvalue weighted by atomic mass is 9.99. The zero-order valence-electron chi connectivity index (χ0n) is 8.77. The summed E-state index contributed by atoms with van der Waals surface area (Å²) in [5.74, 6) is 0.935. The van der Waals surface area contributed by atoms with E-state index in [1.165, 1.54) is 11.3 Å². The van der Waals surface area contributed by atoms with Gasteiger partial charge in [-0.3, -0.25) is 4.79 Å². The molecule has 0 aromatic carbocycles. The highest BCUT2D eigenvalue weighted by Gasteiger charge is 2.22. The van der Waals surface area contributed by atoms with Gasteiger partial charge in [-0.2, -0.15) is 0 Å². The summed E-state index contributed by atoms with van der Waals surface area (Å²) in [5.41, 5.74) is 0. The van der Waals surface area contributed by atoms with Crippen LogP contribution in [0.15, 0.2) is 16.3 Å². The SMILES string of the molecule is CC1CCN(C(=O)c2cc(S)cs2)CC1. The fourth-order valence-electron chi connectivity index (χ4n) is 1.81. The number of piperidine rings is 1. The second-order valence-electron chi connectivity index (χ2n) is 4.14. The van der Waals surface area contributed by atoms with Crippen LogP contribution in [0.3, 0.4) is 0 Å². The summed E-state index contributed by atoms with van der Waals surface area (Å²) in [7, 11) is 0. The van der Waals surface area contributed by atoms with Crippen molar-refractivity contribution in [3.05, 3.63) is 16.3 Å². The summed E-state index contributed by atoms with van der Waals surface area (Å²) in [4.78, 5) is 15.7. The monoisotopic (exact) mass is 241 g/mol. The third-order valence-corrected chi connectivity index (χ3v) is 4.22. The fourth-order valence-corrected chi connectivity index (χ4v) is 2.92. The summed E-state index contributed by atoms with van der Waals surface area (Å²) in [6.07, 6.45) is 2.26. The Balaban J connectivity index is 2.02. The minimum absolute atomic E-state index is 0.173. The second-order valence-corrected chi connectivity index (χ2v) is 5.57. The molecule has 2 heterocycles. The van der Waals surface area contributed by atoms with E-state index >= 15 is 0 Å². The van der Waals surface area contributed by atoms with E-state index < -0.39 is 0 Å². The number of carbonyl (C=O) groups excluding carboxylic acids is 1. The Labute approximate surface area is 99.7 Å². The zero-order valence-corrected chi connectivity index (χ0v) is 10.5. The molecule has 82 valence electrons. The van der Waals surface area contributed by atoms with Gasteiger partial charge < -0.3 is 4.90 Å². The van der Waals surface area contributed by atoms with E-state index in [0.717, 1.165) is 41.6 Å². The van der Waals surface area contributed by atoms with Gasteiger partial charge in [0.2, 0.25) is 0 Å². The van der Waals surface area contributed by atoms with Gasteiger partial charge in [-0.15, -0.1) is 24.0 Å². The van der Waals surface area contributed by atoms with Gasteiger partial charge in [-0.1, -0.05) is 6.92 Å². The van der Waals surface area contributed by atoms with E-state index in [9.17, 15) is 4.79 Å². The Bertz CT molecular complexity index is 353. The Morgan fingerprint density at radius 2 is 2.20 bits per heavy atom. The van der Waals surface area contributed by atoms with E-state index in [4.69, 9.17) is 0 Å². The standard InChI is InChI=1S/C11H15NOS2/c1-8-2-4-12(5-3-8)11(13)10-6-9(14)7-15-10/h6-8,14H,2-5H2,1H3. The number of hydrogen-bond donors (Lipinski definition) is 1. The van der Waals surface area contributed by atoms with Crippen molar-refractivity contribution in [3.63, 3.8) is 0 Å². The zero-order chi connectivity index (χ0) is 10.8. The molecule has 1 aromatic rings. The van der Waals surface area contributed by atoms with Crippen molar-refractivity contribution in [3.8, 4) is 0 Å². The Morgan fingerprint density at radius 3 is 2.73 bits per heavy atom. The first kappa shape index (κ1) is 11.0. The predicted molar refractivity (Wildman–Crippen MR) is 65.9 cm³/mol. The van der Waals surface area contributed by atoms with E-state index in [1.54, 1.807) is 0 Å². The van der Waals surface area contributed by atoms with Crippen molar-refractivity contribution < 1.29 is 4.79 Å². The predicted octanol–water partition coefficient (Wildman–Crippen LogP) is 2.91. The Kier molecular flexibility index (Phi) is 3.36. The van der Waals surface area contributed by atoms with E-state index in [2.05, 4.69) is 19.6 Å². The summed E-state index contributed by atoms with van der Waals surface area (Å²) >= 11 is 5.70. The lowest BCUT2D eigenvalue weighted by molar-refractivity contribution is 0.0702. The van der Waals surface area contributed by atoms with Crippen LogP contribution in [-0.4, -0.2) is 23.9 Å². The van der Waals surface area contributed by atoms with Crippen molar-refractivity contribution >= 4 is 29.9 Å². The van der Waals surface area contributed by atoms with Gasteiger partial charge in [0.25, 0.3) is 5.91 Å². The van der Waals surface area contributed by atoms with Crippen molar-refractivity contribution in [2.75, 3.05) is 13.1 Å². The lowest BCUT2D eigenvalue weighted by Gasteiger charge is -2.29. The summed E-state index contributed by atoms with van der Waals surface area (Å²) in [6.45, 7) is 4.05. The van der Waals surface area contributed by atoms with Crippen molar-refractivity contribution in [1.29, 1.82) is 0 Å². The van der Waals surface area contributed by atoms with Gasteiger partial charge in [0.05, 0.1) is 4.88 Å². The minimum Gasteiger partial charge on any atom is -0.338 e. The van der Waals surface area contributed by atoms with Crippen LogP contribution in [-0.2, 0) is 0 Å². The fraction of sp³-hybridized carbons (Fsp3) is 0.545. The lowest BCUT2D eigenvalue weighted by Crippen LogP contribution is -2.37. The molecule has 0 atom stereocenters. The van der Waals surface area contributed by atoms with E-state index in [1.807, 2.05) is 16.3 Å². The van der Waals surface area contributed by atoms with Crippen LogP contribution in [0.1, 0.15) is 29.4 Å². The van der Waals surface area contributed by atoms with Gasteiger partial charge >= 0.3 is 0 Å². The molecule has 2 nitrogen and oxygen atoms in total. The molecule has 1 aromatic heterocycles. The van der Waals surface area contributed by atoms with Crippen molar-refractivity contribution in [1.82, 2.24) is 4.90 Å². The van der Waals surface area contributed by atoms with Crippen molar-refractivity contribution in [2.24, 2.45) is 5.92 Å². The number of thiophene rings is 1. The molecule has 0 bridgehead atoms. The first-order valence-electron chi connectivity index (χ1n) is 5.23. The smallest absolute Gasteiger partial charge is 0.263 e. The van der Waals surface area contributed by atoms with Crippen LogP contribution < -0.4 is 0 Å². The van der Waals surface area contributed by atoms with Gasteiger partial charge in [0.1, 0.15) is 0 Å². The first-order chi connectivity index (χ1) is 7.16. The summed E-state index contributed by atoms with van der Waals surface area (Å²) in [6, 6.07) is 1.86. The Hall–Kier alpha value is -0.480. The molecule has 0 aliphatic carbocycles. The second kappa shape index (κ2) is 4.58. The average molecular weight is 241 g/mol. The molecular weight excluding hydrogens is 226 g/mol. The van der Waals surface area contributed by atoms with Crippen LogP contribution in [0.2, 0.25) is 0 Å². The highest BCUT2D eigenvalue weighted by Crippen LogP contribution is 2.22. The number of hydrogen-bond acceptors (Lipinski definition) is 3. The first-order valence-corrected chi connectivity index (χ1v) is 6.56. The summed E-state index contributed by atoms with van der Waals surface area (Å²) in [5, 5.41) is 1.91. The average Bonchev–Trinajstić information content (AvgIpc) is 2.65. The van der Waals surface area contributed by atoms with Crippen LogP contribution >= 0.6 is 24.0 Å². The molecule has 0 N–H and O–H groups in total. The Morgan fingerprint density at radius 1 is 1.53 bits per heavy atom. The number of likely N-dealkylation sites (tertiary alicyclic amines) is 1. The van der Waals surface area contributed by atoms with Gasteiger partial charge in [0, 0.05) is 23.4 Å². The number of thiol groups is 1. The number of carbonyl (C=O) groups is 1. The normalized spacial score (nSPS) is 18.1. The van der Waals surface area contributed by atoms with Gasteiger partial charge in [-0.25, -0.2) is 0 Å². The largest absolute Gasteiger partial charge is 0.338 e. The van der Waals surface area contributed by atoms with Crippen LogP contribution in [0.25, 0.3) is 0 Å². The number of nitrogens with zero attached hydrogens (tertiary/aromatic N) is 1. The maximum absolute atomic E-state index is 12.0. The molecule has 0 saturated carbocycles. The van der Waals surface area contributed by atoms with Crippen LogP contribution in [0, 0.1) is 5.92 Å². The molecule has 1 amide bonds. The molecular formula is C11H15NOS2. The van der Waals surface area contributed by atoms with Gasteiger partial charge in [-0.05, 0) is 24.8 Å². The topological polar surface area (TPSA) is 20.3 Å². The molecule has 15 heavy (non-hydrogen) atoms. The van der Waals surface area contributed by atoms with E-state index in [0.29, 0.717) is 0 Å².